The Morgan fingerprint density at radius 1 is 0.969 bits per heavy atom. The van der Waals surface area contributed by atoms with Gasteiger partial charge in [0.15, 0.2) is 0 Å². The average molecular weight is 489 g/mol. The van der Waals surface area contributed by atoms with Crippen molar-refractivity contribution in [3.05, 3.63) is 87.9 Å². The van der Waals surface area contributed by atoms with Gasteiger partial charge in [0.25, 0.3) is 10.0 Å². The third-order valence-electron chi connectivity index (χ3n) is 5.42. The monoisotopic (exact) mass is 488 g/mol. The minimum absolute atomic E-state index is 0.162. The number of anilines is 2. The first-order valence-corrected chi connectivity index (χ1v) is 12.5. The molecule has 1 N–H and O–H groups in total. The van der Waals surface area contributed by atoms with E-state index in [0.717, 1.165) is 29.7 Å². The molecule has 166 valence electrons. The first kappa shape index (κ1) is 22.6. The molecule has 5 nitrogen and oxygen atoms in total. The van der Waals surface area contributed by atoms with Crippen LogP contribution in [0.25, 0.3) is 0 Å². The quantitative estimate of drug-likeness (QED) is 0.483. The Morgan fingerprint density at radius 2 is 1.72 bits per heavy atom. The lowest BCUT2D eigenvalue weighted by Gasteiger charge is -2.30. The fourth-order valence-corrected chi connectivity index (χ4v) is 5.60. The van der Waals surface area contributed by atoms with E-state index in [1.165, 1.54) is 4.31 Å². The number of aryl methyl sites for hydroxylation is 2. The predicted molar refractivity (Wildman–Crippen MR) is 129 cm³/mol. The molecule has 3 aromatic rings. The number of fused-ring (bicyclic) bond motifs is 1. The Hall–Kier alpha value is -2.54. The van der Waals surface area contributed by atoms with Gasteiger partial charge in [0, 0.05) is 18.7 Å². The molecule has 1 aliphatic rings. The van der Waals surface area contributed by atoms with E-state index in [4.69, 9.17) is 23.2 Å². The standard InChI is InChI=1S/C24H22Cl2N2O3S/c25-21-13-10-19(16-22(21)26)27-24(29)14-9-17-7-11-20(12-8-17)32(30,31)28-15-3-5-18-4-1-2-6-23(18)28/h1-2,4,6-8,10-13,16H,3,5,9,14-15H2,(H,27,29). The van der Waals surface area contributed by atoms with Crippen molar-refractivity contribution in [3.63, 3.8) is 0 Å². The highest BCUT2D eigenvalue weighted by Gasteiger charge is 2.28. The number of nitrogens with one attached hydrogen (secondary N) is 1. The summed E-state index contributed by atoms with van der Waals surface area (Å²) < 4.78 is 27.9. The Balaban J connectivity index is 1.41. The van der Waals surface area contributed by atoms with Gasteiger partial charge in [-0.15, -0.1) is 0 Å². The van der Waals surface area contributed by atoms with Crippen LogP contribution in [0.5, 0.6) is 0 Å². The number of rotatable bonds is 6. The van der Waals surface area contributed by atoms with Gasteiger partial charge in [-0.25, -0.2) is 8.42 Å². The van der Waals surface area contributed by atoms with Gasteiger partial charge >= 0.3 is 0 Å². The van der Waals surface area contributed by atoms with Crippen molar-refractivity contribution in [2.24, 2.45) is 0 Å². The van der Waals surface area contributed by atoms with Crippen molar-refractivity contribution in [1.82, 2.24) is 0 Å². The molecular formula is C24H22Cl2N2O3S. The molecule has 0 atom stereocenters. The van der Waals surface area contributed by atoms with Gasteiger partial charge < -0.3 is 5.32 Å². The molecule has 0 unspecified atom stereocenters. The van der Waals surface area contributed by atoms with E-state index in [9.17, 15) is 13.2 Å². The lowest BCUT2D eigenvalue weighted by molar-refractivity contribution is -0.116. The summed E-state index contributed by atoms with van der Waals surface area (Å²) in [6.45, 7) is 0.468. The summed E-state index contributed by atoms with van der Waals surface area (Å²) in [7, 11) is -3.64. The predicted octanol–water partition coefficient (Wildman–Crippen LogP) is 5.71. The van der Waals surface area contributed by atoms with Crippen LogP contribution >= 0.6 is 23.2 Å². The molecule has 4 rings (SSSR count). The van der Waals surface area contributed by atoms with Gasteiger partial charge in [0.1, 0.15) is 0 Å². The Bertz CT molecular complexity index is 1240. The molecule has 0 bridgehead atoms. The van der Waals surface area contributed by atoms with Crippen LogP contribution in [-0.4, -0.2) is 20.9 Å². The summed E-state index contributed by atoms with van der Waals surface area (Å²) in [5, 5.41) is 3.58. The normalized spacial score (nSPS) is 13.5. The average Bonchev–Trinajstić information content (AvgIpc) is 2.80. The number of nitrogens with zero attached hydrogens (tertiary/aromatic N) is 1. The molecule has 1 amide bonds. The second-order valence-electron chi connectivity index (χ2n) is 7.63. The smallest absolute Gasteiger partial charge is 0.264 e. The molecule has 1 heterocycles. The number of carbonyl (C=O) groups is 1. The number of carbonyl (C=O) groups excluding carboxylic acids is 1. The van der Waals surface area contributed by atoms with Crippen LogP contribution in [0.1, 0.15) is 24.0 Å². The summed E-state index contributed by atoms with van der Waals surface area (Å²) in [6.07, 6.45) is 2.42. The first-order chi connectivity index (χ1) is 15.3. The highest BCUT2D eigenvalue weighted by Crippen LogP contribution is 2.32. The van der Waals surface area contributed by atoms with E-state index < -0.39 is 10.0 Å². The van der Waals surface area contributed by atoms with Gasteiger partial charge in [-0.1, -0.05) is 53.5 Å². The number of para-hydroxylation sites is 1. The van der Waals surface area contributed by atoms with Gasteiger partial charge in [-0.2, -0.15) is 0 Å². The van der Waals surface area contributed by atoms with Gasteiger partial charge in [-0.05, 0) is 66.8 Å². The van der Waals surface area contributed by atoms with Crippen LogP contribution in [0.2, 0.25) is 10.0 Å². The number of benzene rings is 3. The highest BCUT2D eigenvalue weighted by atomic mass is 35.5. The van der Waals surface area contributed by atoms with Gasteiger partial charge in [0.2, 0.25) is 5.91 Å². The maximum atomic E-state index is 13.2. The summed E-state index contributed by atoms with van der Waals surface area (Å²) in [5.74, 6) is -0.162. The van der Waals surface area contributed by atoms with Crippen molar-refractivity contribution in [1.29, 1.82) is 0 Å². The largest absolute Gasteiger partial charge is 0.326 e. The van der Waals surface area contributed by atoms with Crippen LogP contribution in [0.3, 0.4) is 0 Å². The van der Waals surface area contributed by atoms with Crippen LogP contribution in [0, 0.1) is 0 Å². The lowest BCUT2D eigenvalue weighted by Crippen LogP contribution is -2.35. The van der Waals surface area contributed by atoms with E-state index in [1.54, 1.807) is 42.5 Å². The molecule has 0 aromatic heterocycles. The molecule has 0 spiro atoms. The lowest BCUT2D eigenvalue weighted by atomic mass is 10.0. The first-order valence-electron chi connectivity index (χ1n) is 10.3. The van der Waals surface area contributed by atoms with E-state index in [1.807, 2.05) is 24.3 Å². The summed E-state index contributed by atoms with van der Waals surface area (Å²) in [5.41, 5.74) is 3.26. The minimum Gasteiger partial charge on any atom is -0.326 e. The van der Waals surface area contributed by atoms with Crippen molar-refractivity contribution in [3.8, 4) is 0 Å². The molecule has 3 aromatic carbocycles. The Labute approximate surface area is 198 Å². The summed E-state index contributed by atoms with van der Waals surface area (Å²) in [4.78, 5) is 12.5. The SMILES string of the molecule is O=C(CCc1ccc(S(=O)(=O)N2CCCc3ccccc32)cc1)Nc1ccc(Cl)c(Cl)c1. The molecule has 0 radical (unpaired) electrons. The molecular weight excluding hydrogens is 467 g/mol. The molecule has 8 heteroatoms. The van der Waals surface area contributed by atoms with Crippen molar-refractivity contribution < 1.29 is 13.2 Å². The van der Waals surface area contributed by atoms with Crippen LogP contribution in [0.15, 0.2) is 71.6 Å². The molecule has 0 aliphatic carbocycles. The van der Waals surface area contributed by atoms with Crippen molar-refractivity contribution >= 4 is 50.5 Å². The van der Waals surface area contributed by atoms with Crippen molar-refractivity contribution in [2.45, 2.75) is 30.6 Å². The third-order valence-corrected chi connectivity index (χ3v) is 7.99. The third kappa shape index (κ3) is 4.93. The molecule has 0 saturated heterocycles. The second-order valence-corrected chi connectivity index (χ2v) is 10.3. The molecule has 1 aliphatic heterocycles. The number of hydrogen-bond donors (Lipinski definition) is 1. The number of halogens is 2. The fourth-order valence-electron chi connectivity index (χ4n) is 3.76. The van der Waals surface area contributed by atoms with Crippen LogP contribution in [-0.2, 0) is 27.7 Å². The molecule has 0 fully saturated rings. The highest BCUT2D eigenvalue weighted by molar-refractivity contribution is 7.92. The van der Waals surface area contributed by atoms with Gasteiger partial charge in [-0.3, -0.25) is 9.10 Å². The zero-order valence-corrected chi connectivity index (χ0v) is 19.6. The maximum Gasteiger partial charge on any atom is 0.264 e. The fraction of sp³-hybridized carbons (Fsp3) is 0.208. The van der Waals surface area contributed by atoms with Gasteiger partial charge in [0.05, 0.1) is 20.6 Å². The summed E-state index contributed by atoms with van der Waals surface area (Å²) >= 11 is 11.9. The van der Waals surface area contributed by atoms with E-state index in [-0.39, 0.29) is 17.2 Å². The molecule has 0 saturated carbocycles. The number of hydrogen-bond acceptors (Lipinski definition) is 3. The van der Waals surface area contributed by atoms with E-state index >= 15 is 0 Å². The van der Waals surface area contributed by atoms with E-state index in [0.29, 0.717) is 28.7 Å². The Morgan fingerprint density at radius 3 is 2.47 bits per heavy atom. The van der Waals surface area contributed by atoms with Crippen molar-refractivity contribution in [2.75, 3.05) is 16.2 Å². The Kier molecular flexibility index (Phi) is 6.74. The van der Waals surface area contributed by atoms with Crippen LogP contribution < -0.4 is 9.62 Å². The number of amides is 1. The zero-order valence-electron chi connectivity index (χ0n) is 17.2. The molecule has 32 heavy (non-hydrogen) atoms. The van der Waals surface area contributed by atoms with Crippen LogP contribution in [0.4, 0.5) is 11.4 Å². The minimum atomic E-state index is -3.64. The maximum absolute atomic E-state index is 13.2. The number of sulfonamides is 1. The van der Waals surface area contributed by atoms with E-state index in [2.05, 4.69) is 5.32 Å². The zero-order chi connectivity index (χ0) is 22.7. The summed E-state index contributed by atoms with van der Waals surface area (Å²) in [6, 6.07) is 19.3. The second kappa shape index (κ2) is 9.53. The topological polar surface area (TPSA) is 66.5 Å².